The molecule has 3 rings (SSSR count). The maximum absolute atomic E-state index is 11.5. The highest BCUT2D eigenvalue weighted by atomic mass is 16.3. The molecule has 26 heavy (non-hydrogen) atoms. The highest BCUT2D eigenvalue weighted by molar-refractivity contribution is 6.50. The van der Waals surface area contributed by atoms with Crippen LogP contribution in [0.2, 0.25) is 0 Å². The van der Waals surface area contributed by atoms with Gasteiger partial charge in [0.05, 0.1) is 0 Å². The number of piperazine rings is 1. The van der Waals surface area contributed by atoms with Crippen LogP contribution in [0.15, 0.2) is 54.6 Å². The Morgan fingerprint density at radius 3 is 2.23 bits per heavy atom. The largest absolute Gasteiger partial charge is 0.388 e. The van der Waals surface area contributed by atoms with Gasteiger partial charge in [-0.3, -0.25) is 9.69 Å². The van der Waals surface area contributed by atoms with E-state index in [1.54, 1.807) is 12.1 Å². The van der Waals surface area contributed by atoms with Crippen LogP contribution in [0.3, 0.4) is 0 Å². The van der Waals surface area contributed by atoms with Crippen LogP contribution < -0.4 is 5.46 Å². The molecule has 5 heteroatoms. The van der Waals surface area contributed by atoms with E-state index in [2.05, 4.69) is 61.3 Å². The first-order valence-corrected chi connectivity index (χ1v) is 9.19. The molecule has 0 saturated carbocycles. The summed E-state index contributed by atoms with van der Waals surface area (Å²) in [4.78, 5) is 16.4. The molecular weight excluding hydrogens is 323 g/mol. The van der Waals surface area contributed by atoms with Crippen molar-refractivity contribution in [2.75, 3.05) is 19.7 Å². The molecule has 1 aliphatic heterocycles. The fourth-order valence-corrected chi connectivity index (χ4v) is 3.67. The highest BCUT2D eigenvalue weighted by Gasteiger charge is 2.29. The summed E-state index contributed by atoms with van der Waals surface area (Å²) in [6, 6.07) is 19.0. The van der Waals surface area contributed by atoms with E-state index in [4.69, 9.17) is 5.11 Å². The summed E-state index contributed by atoms with van der Waals surface area (Å²) in [7, 11) is 2.17. The molecule has 1 heterocycles. The van der Waals surface area contributed by atoms with Gasteiger partial charge in [-0.05, 0) is 19.4 Å². The Hall–Kier alpha value is -1.95. The summed E-state index contributed by atoms with van der Waals surface area (Å²) in [5, 5.41) is 8.94. The lowest BCUT2D eigenvalue weighted by Crippen LogP contribution is -2.58. The maximum atomic E-state index is 11.5. The zero-order valence-corrected chi connectivity index (χ0v) is 15.5. The second-order valence-corrected chi connectivity index (χ2v) is 7.14. The van der Waals surface area contributed by atoms with E-state index in [1.807, 2.05) is 12.1 Å². The number of nitrogens with zero attached hydrogens (tertiary/aromatic N) is 2. The number of carbonyl (C=O) groups is 1. The van der Waals surface area contributed by atoms with Crippen LogP contribution in [0.4, 0.5) is 0 Å². The van der Waals surface area contributed by atoms with Crippen molar-refractivity contribution in [3.05, 3.63) is 65.7 Å². The Kier molecular flexibility index (Phi) is 6.25. The summed E-state index contributed by atoms with van der Waals surface area (Å²) in [6.45, 7) is 7.06. The van der Waals surface area contributed by atoms with Crippen molar-refractivity contribution >= 4 is 18.7 Å². The van der Waals surface area contributed by atoms with Crippen molar-refractivity contribution in [3.8, 4) is 0 Å². The predicted octanol–water partition coefficient (Wildman–Crippen LogP) is 1.70. The van der Waals surface area contributed by atoms with E-state index >= 15 is 0 Å². The van der Waals surface area contributed by atoms with Crippen LogP contribution in [0.1, 0.15) is 29.8 Å². The fraction of sp³-hybridized carbons (Fsp3) is 0.381. The molecule has 0 amide bonds. The minimum atomic E-state index is -0.443. The number of hydrogen-bond acceptors (Lipinski definition) is 4. The number of carbonyl (C=O) groups excluding carboxylic acids is 1. The molecule has 1 aliphatic rings. The molecule has 2 atom stereocenters. The van der Waals surface area contributed by atoms with Gasteiger partial charge in [0.15, 0.2) is 5.78 Å². The average molecular weight is 349 g/mol. The van der Waals surface area contributed by atoms with Crippen LogP contribution >= 0.6 is 0 Å². The van der Waals surface area contributed by atoms with Gasteiger partial charge in [0.25, 0.3) is 0 Å². The van der Waals surface area contributed by atoms with E-state index in [0.29, 0.717) is 17.6 Å². The molecule has 0 bridgehead atoms. The van der Waals surface area contributed by atoms with E-state index in [1.165, 1.54) is 5.56 Å². The molecule has 4 nitrogen and oxygen atoms in total. The third-order valence-electron chi connectivity index (χ3n) is 5.05. The normalized spacial score (nSPS) is 21.5. The minimum absolute atomic E-state index is 0.242. The van der Waals surface area contributed by atoms with Crippen LogP contribution in [0.5, 0.6) is 0 Å². The first-order valence-electron chi connectivity index (χ1n) is 9.19. The Morgan fingerprint density at radius 1 is 1.04 bits per heavy atom. The lowest BCUT2D eigenvalue weighted by molar-refractivity contribution is 0.0698. The summed E-state index contributed by atoms with van der Waals surface area (Å²) in [6.07, 6.45) is 0. The molecule has 1 fully saturated rings. The van der Waals surface area contributed by atoms with Crippen molar-refractivity contribution < 1.29 is 9.90 Å². The summed E-state index contributed by atoms with van der Waals surface area (Å²) < 4.78 is 0. The molecule has 2 aromatic carbocycles. The first kappa shape index (κ1) is 18.8. The number of benzene rings is 2. The van der Waals surface area contributed by atoms with Gasteiger partial charge in [-0.25, -0.2) is 0 Å². The van der Waals surface area contributed by atoms with Crippen LogP contribution in [0, 0.1) is 0 Å². The van der Waals surface area contributed by atoms with E-state index in [-0.39, 0.29) is 5.78 Å². The smallest absolute Gasteiger partial charge is 0.247 e. The molecule has 2 aromatic rings. The molecule has 0 unspecified atom stereocenters. The topological polar surface area (TPSA) is 43.8 Å². The lowest BCUT2D eigenvalue weighted by Gasteiger charge is -2.44. The van der Waals surface area contributed by atoms with Gasteiger partial charge >= 0.3 is 0 Å². The number of hydrogen-bond donors (Lipinski definition) is 1. The molecule has 0 aromatic heterocycles. The molecule has 1 radical (unpaired) electrons. The standard InChI is InChI=1S/C21H26BN2O2/c1-16-12-23(22-20-10-8-19(9-11-20)21(26)15-25)13-17(2)24(16)14-18-6-4-3-5-7-18/h3-11,16-17,25H,12-15H2,1-2H3/t16-,17+. The van der Waals surface area contributed by atoms with Crippen molar-refractivity contribution in [2.24, 2.45) is 0 Å². The van der Waals surface area contributed by atoms with Gasteiger partial charge in [0, 0.05) is 37.3 Å². The number of aliphatic hydroxyl groups is 1. The number of rotatable bonds is 6. The average Bonchev–Trinajstić information content (AvgIpc) is 2.65. The Bertz CT molecular complexity index is 709. The second kappa shape index (κ2) is 8.63. The number of aliphatic hydroxyl groups excluding tert-OH is 1. The number of Topliss-reactive ketones (excluding diaryl/α,β-unsaturated/α-hetero) is 1. The van der Waals surface area contributed by atoms with Gasteiger partial charge in [-0.2, -0.15) is 0 Å². The van der Waals surface area contributed by atoms with Crippen molar-refractivity contribution in [1.82, 2.24) is 9.71 Å². The Morgan fingerprint density at radius 2 is 1.65 bits per heavy atom. The van der Waals surface area contributed by atoms with Gasteiger partial charge in [-0.1, -0.05) is 60.1 Å². The summed E-state index contributed by atoms with van der Waals surface area (Å²) >= 11 is 0. The van der Waals surface area contributed by atoms with Crippen molar-refractivity contribution in [3.63, 3.8) is 0 Å². The Balaban J connectivity index is 1.59. The fourth-order valence-electron chi connectivity index (χ4n) is 3.67. The summed E-state index contributed by atoms with van der Waals surface area (Å²) in [5.74, 6) is -0.242. The predicted molar refractivity (Wildman–Crippen MR) is 106 cm³/mol. The van der Waals surface area contributed by atoms with Crippen LogP contribution in [0.25, 0.3) is 0 Å². The van der Waals surface area contributed by atoms with E-state index in [9.17, 15) is 4.79 Å². The van der Waals surface area contributed by atoms with Gasteiger partial charge in [-0.15, -0.1) is 0 Å². The third-order valence-corrected chi connectivity index (χ3v) is 5.05. The molecular formula is C21H26BN2O2. The molecule has 0 spiro atoms. The quantitative estimate of drug-likeness (QED) is 0.637. The maximum Gasteiger partial charge on any atom is 0.247 e. The van der Waals surface area contributed by atoms with Gasteiger partial charge in [0.2, 0.25) is 7.41 Å². The highest BCUT2D eigenvalue weighted by Crippen LogP contribution is 2.18. The van der Waals surface area contributed by atoms with E-state index < -0.39 is 6.61 Å². The Labute approximate surface area is 156 Å². The second-order valence-electron chi connectivity index (χ2n) is 7.14. The monoisotopic (exact) mass is 349 g/mol. The molecule has 0 aliphatic carbocycles. The van der Waals surface area contributed by atoms with E-state index in [0.717, 1.165) is 25.1 Å². The molecule has 135 valence electrons. The van der Waals surface area contributed by atoms with Crippen LogP contribution in [-0.2, 0) is 6.54 Å². The van der Waals surface area contributed by atoms with Gasteiger partial charge < -0.3 is 9.92 Å². The first-order chi connectivity index (χ1) is 12.6. The van der Waals surface area contributed by atoms with Crippen LogP contribution in [-0.4, -0.2) is 59.8 Å². The lowest BCUT2D eigenvalue weighted by atomic mass is 9.78. The zero-order valence-electron chi connectivity index (χ0n) is 15.5. The van der Waals surface area contributed by atoms with Crippen molar-refractivity contribution in [2.45, 2.75) is 32.5 Å². The van der Waals surface area contributed by atoms with Gasteiger partial charge in [0.1, 0.15) is 6.61 Å². The summed E-state index contributed by atoms with van der Waals surface area (Å²) in [5.41, 5.74) is 2.99. The minimum Gasteiger partial charge on any atom is -0.388 e. The third kappa shape index (κ3) is 4.61. The molecule has 1 saturated heterocycles. The number of ketones is 1. The zero-order chi connectivity index (χ0) is 18.5. The SMILES string of the molecule is C[C@@H]1CN([B]c2ccc(C(=O)CO)cc2)C[C@H](C)N1Cc1ccccc1. The molecule has 1 N–H and O–H groups in total. The van der Waals surface area contributed by atoms with Crippen molar-refractivity contribution in [1.29, 1.82) is 0 Å².